The summed E-state index contributed by atoms with van der Waals surface area (Å²) in [6.45, 7) is 0.473. The number of carboxylic acids is 1. The molecule has 0 saturated carbocycles. The summed E-state index contributed by atoms with van der Waals surface area (Å²) in [5, 5.41) is 10.9. The number of rotatable bonds is 2. The van der Waals surface area contributed by atoms with E-state index in [9.17, 15) is 14.7 Å². The number of carbonyl (C=O) groups is 2. The first-order valence-electron chi connectivity index (χ1n) is 6.56. The third-order valence-corrected chi connectivity index (χ3v) is 3.67. The lowest BCUT2D eigenvalue weighted by Gasteiger charge is -2.21. The van der Waals surface area contributed by atoms with Gasteiger partial charge in [-0.1, -0.05) is 24.3 Å². The van der Waals surface area contributed by atoms with Gasteiger partial charge in [0.1, 0.15) is 11.7 Å². The van der Waals surface area contributed by atoms with E-state index in [0.29, 0.717) is 25.1 Å². The van der Waals surface area contributed by atoms with Gasteiger partial charge >= 0.3 is 5.97 Å². The molecule has 5 nitrogen and oxygen atoms in total. The Balaban J connectivity index is 2.03. The summed E-state index contributed by atoms with van der Waals surface area (Å²) in [6, 6.07) is 8.59. The van der Waals surface area contributed by atoms with Crippen molar-refractivity contribution in [3.8, 4) is 0 Å². The highest BCUT2D eigenvalue weighted by atomic mass is 16.4. The molecular formula is C15H14N2O3. The molecule has 0 spiro atoms. The van der Waals surface area contributed by atoms with Crippen LogP contribution in [0.3, 0.4) is 0 Å². The van der Waals surface area contributed by atoms with Crippen molar-refractivity contribution < 1.29 is 14.7 Å². The first kappa shape index (κ1) is 12.6. The number of hydrogen-bond acceptors (Lipinski definition) is 3. The van der Waals surface area contributed by atoms with Gasteiger partial charge in [0.25, 0.3) is 5.91 Å². The average Bonchev–Trinajstić information content (AvgIpc) is 2.95. The maximum Gasteiger partial charge on any atom is 0.326 e. The second-order valence-corrected chi connectivity index (χ2v) is 4.88. The van der Waals surface area contributed by atoms with Crippen LogP contribution in [-0.4, -0.2) is 39.5 Å². The first-order valence-corrected chi connectivity index (χ1v) is 6.56. The molecule has 0 bridgehead atoms. The SMILES string of the molecule is O=C(O)[C@H]1CCCN1C(=O)c1nccc2ccccc12. The number of likely N-dealkylation sites (tertiary alicyclic amines) is 1. The van der Waals surface area contributed by atoms with Crippen LogP contribution in [0, 0.1) is 0 Å². The molecule has 20 heavy (non-hydrogen) atoms. The van der Waals surface area contributed by atoms with E-state index in [-0.39, 0.29) is 5.91 Å². The minimum atomic E-state index is -0.948. The highest BCUT2D eigenvalue weighted by Crippen LogP contribution is 2.23. The van der Waals surface area contributed by atoms with Crippen LogP contribution in [0.2, 0.25) is 0 Å². The summed E-state index contributed by atoms with van der Waals surface area (Å²) in [4.78, 5) is 29.3. The Morgan fingerprint density at radius 1 is 1.25 bits per heavy atom. The van der Waals surface area contributed by atoms with Crippen molar-refractivity contribution in [1.29, 1.82) is 0 Å². The number of carboxylic acid groups (broad SMARTS) is 1. The van der Waals surface area contributed by atoms with Gasteiger partial charge in [-0.05, 0) is 24.3 Å². The maximum absolute atomic E-state index is 12.6. The number of carbonyl (C=O) groups excluding carboxylic acids is 1. The molecule has 1 amide bonds. The zero-order chi connectivity index (χ0) is 14.1. The van der Waals surface area contributed by atoms with Crippen molar-refractivity contribution in [2.75, 3.05) is 6.54 Å². The van der Waals surface area contributed by atoms with Crippen LogP contribution >= 0.6 is 0 Å². The molecule has 0 aliphatic carbocycles. The molecular weight excluding hydrogens is 256 g/mol. The average molecular weight is 270 g/mol. The Kier molecular flexibility index (Phi) is 3.10. The van der Waals surface area contributed by atoms with Crippen molar-refractivity contribution in [2.45, 2.75) is 18.9 Å². The van der Waals surface area contributed by atoms with Gasteiger partial charge in [-0.2, -0.15) is 0 Å². The topological polar surface area (TPSA) is 70.5 Å². The third-order valence-electron chi connectivity index (χ3n) is 3.67. The molecule has 1 aromatic carbocycles. The summed E-state index contributed by atoms with van der Waals surface area (Å²) in [6.07, 6.45) is 2.81. The van der Waals surface area contributed by atoms with E-state index in [0.717, 1.165) is 10.8 Å². The Hall–Kier alpha value is -2.43. The molecule has 2 aromatic rings. The van der Waals surface area contributed by atoms with Crippen molar-refractivity contribution >= 4 is 22.6 Å². The molecule has 102 valence electrons. The van der Waals surface area contributed by atoms with E-state index in [1.54, 1.807) is 6.20 Å². The Morgan fingerprint density at radius 2 is 2.05 bits per heavy atom. The summed E-state index contributed by atoms with van der Waals surface area (Å²) < 4.78 is 0. The number of nitrogens with zero attached hydrogens (tertiary/aromatic N) is 2. The smallest absolute Gasteiger partial charge is 0.326 e. The van der Waals surface area contributed by atoms with E-state index >= 15 is 0 Å². The van der Waals surface area contributed by atoms with Crippen LogP contribution in [0.1, 0.15) is 23.3 Å². The molecule has 1 aromatic heterocycles. The van der Waals surface area contributed by atoms with Crippen LogP contribution in [0.4, 0.5) is 0 Å². The van der Waals surface area contributed by atoms with E-state index < -0.39 is 12.0 Å². The van der Waals surface area contributed by atoms with Crippen LogP contribution < -0.4 is 0 Å². The molecule has 5 heteroatoms. The molecule has 2 heterocycles. The second kappa shape index (κ2) is 4.92. The van der Waals surface area contributed by atoms with E-state index in [4.69, 9.17) is 0 Å². The largest absolute Gasteiger partial charge is 0.480 e. The van der Waals surface area contributed by atoms with Gasteiger partial charge in [0.05, 0.1) is 0 Å². The molecule has 1 N–H and O–H groups in total. The molecule has 1 atom stereocenters. The van der Waals surface area contributed by atoms with Crippen molar-refractivity contribution in [3.63, 3.8) is 0 Å². The fourth-order valence-electron chi connectivity index (χ4n) is 2.69. The van der Waals surface area contributed by atoms with Crippen LogP contribution in [0.15, 0.2) is 36.5 Å². The summed E-state index contributed by atoms with van der Waals surface area (Å²) >= 11 is 0. The molecule has 1 saturated heterocycles. The summed E-state index contributed by atoms with van der Waals surface area (Å²) in [5.41, 5.74) is 0.330. The van der Waals surface area contributed by atoms with Gasteiger partial charge in [0.15, 0.2) is 0 Å². The fourth-order valence-corrected chi connectivity index (χ4v) is 2.69. The van der Waals surface area contributed by atoms with E-state index in [1.807, 2.05) is 30.3 Å². The van der Waals surface area contributed by atoms with Gasteiger partial charge in [0.2, 0.25) is 0 Å². The molecule has 3 rings (SSSR count). The Morgan fingerprint density at radius 3 is 2.85 bits per heavy atom. The quantitative estimate of drug-likeness (QED) is 0.905. The minimum absolute atomic E-state index is 0.299. The lowest BCUT2D eigenvalue weighted by atomic mass is 10.1. The standard InChI is InChI=1S/C15H14N2O3/c18-14(17-9-3-6-12(17)15(19)20)13-11-5-2-1-4-10(11)7-8-16-13/h1-2,4-5,7-8,12H,3,6,9H2,(H,19,20)/t12-/m1/s1. The monoisotopic (exact) mass is 270 g/mol. The van der Waals surface area contributed by atoms with E-state index in [2.05, 4.69) is 4.98 Å². The lowest BCUT2D eigenvalue weighted by molar-refractivity contribution is -0.141. The lowest BCUT2D eigenvalue weighted by Crippen LogP contribution is -2.40. The zero-order valence-electron chi connectivity index (χ0n) is 10.8. The van der Waals surface area contributed by atoms with Crippen LogP contribution in [0.25, 0.3) is 10.8 Å². The number of hydrogen-bond donors (Lipinski definition) is 1. The van der Waals surface area contributed by atoms with Gasteiger partial charge in [-0.3, -0.25) is 9.78 Å². The highest BCUT2D eigenvalue weighted by molar-refractivity contribution is 6.06. The number of benzene rings is 1. The molecule has 0 unspecified atom stereocenters. The van der Waals surface area contributed by atoms with Crippen LogP contribution in [-0.2, 0) is 4.79 Å². The molecule has 1 aliphatic heterocycles. The van der Waals surface area contributed by atoms with Gasteiger partial charge < -0.3 is 10.0 Å². The number of aromatic nitrogens is 1. The second-order valence-electron chi connectivity index (χ2n) is 4.88. The third kappa shape index (κ3) is 2.01. The maximum atomic E-state index is 12.6. The minimum Gasteiger partial charge on any atom is -0.480 e. The summed E-state index contributed by atoms with van der Waals surface area (Å²) in [5.74, 6) is -1.25. The predicted molar refractivity (Wildman–Crippen MR) is 73.4 cm³/mol. The van der Waals surface area contributed by atoms with Crippen molar-refractivity contribution in [3.05, 3.63) is 42.2 Å². The fraction of sp³-hybridized carbons (Fsp3) is 0.267. The Bertz CT molecular complexity index is 678. The van der Waals surface area contributed by atoms with E-state index in [1.165, 1.54) is 4.90 Å². The van der Waals surface area contributed by atoms with Crippen molar-refractivity contribution in [1.82, 2.24) is 9.88 Å². The van der Waals surface area contributed by atoms with Crippen molar-refractivity contribution in [2.24, 2.45) is 0 Å². The normalized spacial score (nSPS) is 18.4. The van der Waals surface area contributed by atoms with Gasteiger partial charge in [-0.15, -0.1) is 0 Å². The van der Waals surface area contributed by atoms with Crippen LogP contribution in [0.5, 0.6) is 0 Å². The first-order chi connectivity index (χ1) is 9.68. The number of aliphatic carboxylic acids is 1. The van der Waals surface area contributed by atoms with Gasteiger partial charge in [-0.25, -0.2) is 4.79 Å². The number of pyridine rings is 1. The number of amides is 1. The number of fused-ring (bicyclic) bond motifs is 1. The van der Waals surface area contributed by atoms with Gasteiger partial charge in [0, 0.05) is 18.1 Å². The zero-order valence-corrected chi connectivity index (χ0v) is 10.8. The molecule has 1 fully saturated rings. The summed E-state index contributed by atoms with van der Waals surface area (Å²) in [7, 11) is 0. The Labute approximate surface area is 115 Å². The highest BCUT2D eigenvalue weighted by Gasteiger charge is 2.35. The predicted octanol–water partition coefficient (Wildman–Crippen LogP) is 1.92. The molecule has 0 radical (unpaired) electrons. The molecule has 1 aliphatic rings.